The molecule has 4 heteroatoms. The summed E-state index contributed by atoms with van der Waals surface area (Å²) in [5, 5.41) is 1.04. The Morgan fingerprint density at radius 1 is 1.45 bits per heavy atom. The normalized spacial score (nSPS) is 32.0. The molecule has 64 valence electrons. The maximum atomic E-state index is 10.8. The van der Waals surface area contributed by atoms with Gasteiger partial charge in [-0.05, 0) is 0 Å². The molecule has 0 spiro atoms. The summed E-state index contributed by atoms with van der Waals surface area (Å²) in [6.45, 7) is 5.83. The molecule has 0 aliphatic carbocycles. The average Bonchev–Trinajstić information content (AvgIpc) is 1.85. The quantitative estimate of drug-likeness (QED) is 0.593. The van der Waals surface area contributed by atoms with E-state index in [4.69, 9.17) is 5.73 Å². The first-order chi connectivity index (χ1) is 5.09. The Balaban J connectivity index is 2.49. The number of carbonyl (C=O) groups excluding carboxylic acids is 1. The minimum atomic E-state index is -0.288. The predicted octanol–water partition coefficient (Wildman–Crippen LogP) is 0.891. The third kappa shape index (κ3) is 2.29. The highest BCUT2D eigenvalue weighted by molar-refractivity contribution is 8.00. The van der Waals surface area contributed by atoms with Gasteiger partial charge >= 0.3 is 6.03 Å². The summed E-state index contributed by atoms with van der Waals surface area (Å²) in [6, 6.07) is -0.288. The molecule has 11 heavy (non-hydrogen) atoms. The van der Waals surface area contributed by atoms with Gasteiger partial charge in [0.15, 0.2) is 0 Å². The second kappa shape index (κ2) is 3.34. The van der Waals surface area contributed by atoms with E-state index >= 15 is 0 Å². The molecular weight excluding hydrogens is 160 g/mol. The van der Waals surface area contributed by atoms with Gasteiger partial charge < -0.3 is 10.6 Å². The van der Waals surface area contributed by atoms with Crippen molar-refractivity contribution in [2.45, 2.75) is 24.3 Å². The molecule has 1 aliphatic rings. The maximum absolute atomic E-state index is 10.8. The van der Waals surface area contributed by atoms with E-state index in [1.165, 1.54) is 0 Å². The fourth-order valence-corrected chi connectivity index (χ4v) is 2.68. The molecule has 0 aromatic heterocycles. The number of hydrogen-bond donors (Lipinski definition) is 1. The predicted molar refractivity (Wildman–Crippen MR) is 47.7 cm³/mol. The summed E-state index contributed by atoms with van der Waals surface area (Å²) in [5.74, 6) is 0. The van der Waals surface area contributed by atoms with Crippen molar-refractivity contribution in [2.75, 3.05) is 13.1 Å². The number of nitrogens with two attached hydrogens (primary N) is 1. The smallest absolute Gasteiger partial charge is 0.314 e. The zero-order chi connectivity index (χ0) is 8.43. The second-order valence-electron chi connectivity index (χ2n) is 3.00. The molecule has 2 atom stereocenters. The van der Waals surface area contributed by atoms with Crippen LogP contribution in [-0.2, 0) is 0 Å². The van der Waals surface area contributed by atoms with E-state index in [0.717, 1.165) is 13.1 Å². The Bertz CT molecular complexity index is 153. The molecule has 1 rings (SSSR count). The van der Waals surface area contributed by atoms with E-state index in [9.17, 15) is 4.79 Å². The molecule has 0 aromatic carbocycles. The monoisotopic (exact) mass is 174 g/mol. The van der Waals surface area contributed by atoms with Crippen LogP contribution in [-0.4, -0.2) is 34.5 Å². The summed E-state index contributed by atoms with van der Waals surface area (Å²) < 4.78 is 0. The third-order valence-electron chi connectivity index (χ3n) is 1.73. The SMILES string of the molecule is C[C@@H]1CN(C(N)=O)C[C@H](C)S1. The van der Waals surface area contributed by atoms with Crippen molar-refractivity contribution in [2.24, 2.45) is 5.73 Å². The number of rotatable bonds is 0. The minimum Gasteiger partial charge on any atom is -0.351 e. The number of urea groups is 1. The van der Waals surface area contributed by atoms with E-state index < -0.39 is 0 Å². The number of thioether (sulfide) groups is 1. The van der Waals surface area contributed by atoms with Crippen molar-refractivity contribution >= 4 is 17.8 Å². The van der Waals surface area contributed by atoms with Crippen molar-refractivity contribution in [3.05, 3.63) is 0 Å². The van der Waals surface area contributed by atoms with Crippen LogP contribution in [0.3, 0.4) is 0 Å². The van der Waals surface area contributed by atoms with Crippen LogP contribution in [0, 0.1) is 0 Å². The highest BCUT2D eigenvalue weighted by atomic mass is 32.2. The molecule has 1 fully saturated rings. The van der Waals surface area contributed by atoms with Gasteiger partial charge in [0.05, 0.1) is 0 Å². The molecule has 0 aromatic rings. The van der Waals surface area contributed by atoms with Crippen molar-refractivity contribution in [3.63, 3.8) is 0 Å². The Kier molecular flexibility index (Phi) is 2.65. The lowest BCUT2D eigenvalue weighted by Crippen LogP contribution is -2.46. The first-order valence-corrected chi connectivity index (χ1v) is 4.73. The molecular formula is C7H14N2OS. The van der Waals surface area contributed by atoms with Gasteiger partial charge in [0.1, 0.15) is 0 Å². The van der Waals surface area contributed by atoms with Gasteiger partial charge in [0, 0.05) is 23.6 Å². The molecule has 1 saturated heterocycles. The van der Waals surface area contributed by atoms with Gasteiger partial charge in [-0.25, -0.2) is 4.79 Å². The summed E-state index contributed by atoms with van der Waals surface area (Å²) >= 11 is 1.91. The lowest BCUT2D eigenvalue weighted by atomic mass is 10.3. The van der Waals surface area contributed by atoms with E-state index in [1.807, 2.05) is 11.8 Å². The fraction of sp³-hybridized carbons (Fsp3) is 0.857. The van der Waals surface area contributed by atoms with Crippen LogP contribution < -0.4 is 5.73 Å². The highest BCUT2D eigenvalue weighted by Crippen LogP contribution is 2.24. The minimum absolute atomic E-state index is 0.288. The third-order valence-corrected chi connectivity index (χ3v) is 2.96. The number of hydrogen-bond acceptors (Lipinski definition) is 2. The topological polar surface area (TPSA) is 46.3 Å². The fourth-order valence-electron chi connectivity index (χ4n) is 1.36. The summed E-state index contributed by atoms with van der Waals surface area (Å²) in [6.07, 6.45) is 0. The molecule has 0 unspecified atom stereocenters. The summed E-state index contributed by atoms with van der Waals surface area (Å²) in [5.41, 5.74) is 5.17. The number of primary amides is 1. The van der Waals surface area contributed by atoms with Crippen LogP contribution in [0.15, 0.2) is 0 Å². The zero-order valence-corrected chi connectivity index (χ0v) is 7.73. The average molecular weight is 174 g/mol. The van der Waals surface area contributed by atoms with E-state index in [0.29, 0.717) is 10.5 Å². The highest BCUT2D eigenvalue weighted by Gasteiger charge is 2.23. The molecule has 3 nitrogen and oxygen atoms in total. The Morgan fingerprint density at radius 3 is 2.27 bits per heavy atom. The van der Waals surface area contributed by atoms with E-state index in [1.54, 1.807) is 4.90 Å². The number of amides is 2. The van der Waals surface area contributed by atoms with Crippen molar-refractivity contribution in [3.8, 4) is 0 Å². The first-order valence-electron chi connectivity index (χ1n) is 3.79. The molecule has 0 radical (unpaired) electrons. The van der Waals surface area contributed by atoms with Gasteiger partial charge in [-0.15, -0.1) is 0 Å². The van der Waals surface area contributed by atoms with Gasteiger partial charge in [-0.1, -0.05) is 13.8 Å². The first kappa shape index (κ1) is 8.71. The summed E-state index contributed by atoms with van der Waals surface area (Å²) in [4.78, 5) is 12.5. The summed E-state index contributed by atoms with van der Waals surface area (Å²) in [7, 11) is 0. The Hall–Kier alpha value is -0.380. The largest absolute Gasteiger partial charge is 0.351 e. The molecule has 1 heterocycles. The second-order valence-corrected chi connectivity index (χ2v) is 4.88. The maximum Gasteiger partial charge on any atom is 0.314 e. The van der Waals surface area contributed by atoms with Crippen LogP contribution in [0.25, 0.3) is 0 Å². The Labute approximate surface area is 71.3 Å². The van der Waals surface area contributed by atoms with Crippen LogP contribution in [0.4, 0.5) is 4.79 Å². The van der Waals surface area contributed by atoms with Crippen LogP contribution in [0.5, 0.6) is 0 Å². The van der Waals surface area contributed by atoms with Crippen LogP contribution in [0.1, 0.15) is 13.8 Å². The van der Waals surface area contributed by atoms with Gasteiger partial charge in [-0.2, -0.15) is 11.8 Å². The zero-order valence-electron chi connectivity index (χ0n) is 6.91. The molecule has 0 bridgehead atoms. The van der Waals surface area contributed by atoms with Crippen LogP contribution >= 0.6 is 11.8 Å². The number of carbonyl (C=O) groups is 1. The molecule has 2 amide bonds. The molecule has 2 N–H and O–H groups in total. The van der Waals surface area contributed by atoms with E-state index in [-0.39, 0.29) is 6.03 Å². The Morgan fingerprint density at radius 2 is 1.91 bits per heavy atom. The van der Waals surface area contributed by atoms with Gasteiger partial charge in [-0.3, -0.25) is 0 Å². The van der Waals surface area contributed by atoms with Crippen molar-refractivity contribution in [1.29, 1.82) is 0 Å². The van der Waals surface area contributed by atoms with Crippen molar-refractivity contribution in [1.82, 2.24) is 4.90 Å². The standard InChI is InChI=1S/C7H14N2OS/c1-5-3-9(7(8)10)4-6(2)11-5/h5-6H,3-4H2,1-2H3,(H2,8,10)/t5-,6+. The lowest BCUT2D eigenvalue weighted by Gasteiger charge is -2.33. The van der Waals surface area contributed by atoms with Gasteiger partial charge in [0.25, 0.3) is 0 Å². The molecule has 0 saturated carbocycles. The van der Waals surface area contributed by atoms with Crippen LogP contribution in [0.2, 0.25) is 0 Å². The van der Waals surface area contributed by atoms with Gasteiger partial charge in [0.2, 0.25) is 0 Å². The number of nitrogens with zero attached hydrogens (tertiary/aromatic N) is 1. The van der Waals surface area contributed by atoms with Crippen molar-refractivity contribution < 1.29 is 4.79 Å². The molecule has 1 aliphatic heterocycles. The lowest BCUT2D eigenvalue weighted by molar-refractivity contribution is 0.207. The van der Waals surface area contributed by atoms with E-state index in [2.05, 4.69) is 13.8 Å².